The van der Waals surface area contributed by atoms with Crippen molar-refractivity contribution < 1.29 is 13.6 Å². The quantitative estimate of drug-likeness (QED) is 0.663. The lowest BCUT2D eigenvalue weighted by molar-refractivity contribution is -0.114. The zero-order valence-electron chi connectivity index (χ0n) is 18.1. The Morgan fingerprint density at radius 2 is 2.09 bits per heavy atom. The Morgan fingerprint density at radius 3 is 2.81 bits per heavy atom. The van der Waals surface area contributed by atoms with Crippen LogP contribution in [0.4, 0.5) is 20.4 Å². The second-order valence-electron chi connectivity index (χ2n) is 8.63. The van der Waals surface area contributed by atoms with Gasteiger partial charge in [0.2, 0.25) is 11.7 Å². The van der Waals surface area contributed by atoms with Crippen LogP contribution in [0.2, 0.25) is 0 Å². The molecule has 0 aliphatic carbocycles. The van der Waals surface area contributed by atoms with E-state index in [9.17, 15) is 13.6 Å². The van der Waals surface area contributed by atoms with Crippen LogP contribution in [0.3, 0.4) is 0 Å². The van der Waals surface area contributed by atoms with E-state index in [4.69, 9.17) is 5.10 Å². The van der Waals surface area contributed by atoms with E-state index in [2.05, 4.69) is 37.1 Å². The van der Waals surface area contributed by atoms with Crippen molar-refractivity contribution in [3.8, 4) is 5.82 Å². The Morgan fingerprint density at radius 1 is 1.28 bits per heavy atom. The van der Waals surface area contributed by atoms with Crippen LogP contribution in [0, 0.1) is 5.92 Å². The van der Waals surface area contributed by atoms with Crippen molar-refractivity contribution >= 4 is 28.4 Å². The number of nitrogens with zero attached hydrogens (tertiary/aromatic N) is 7. The largest absolute Gasteiger partial charge is 0.353 e. The van der Waals surface area contributed by atoms with Crippen LogP contribution in [0.5, 0.6) is 0 Å². The molecule has 168 valence electrons. The molecule has 11 heteroatoms. The third-order valence-corrected chi connectivity index (χ3v) is 6.23. The van der Waals surface area contributed by atoms with Gasteiger partial charge in [-0.1, -0.05) is 0 Å². The number of likely N-dealkylation sites (tertiary alicyclic amines) is 1. The summed E-state index contributed by atoms with van der Waals surface area (Å²) in [5.41, 5.74) is 0.619. The fraction of sp³-hybridized carbons (Fsp3) is 0.476. The Balaban J connectivity index is 1.63. The lowest BCUT2D eigenvalue weighted by Crippen LogP contribution is -2.32. The highest BCUT2D eigenvalue weighted by atomic mass is 19.3. The van der Waals surface area contributed by atoms with Crippen LogP contribution in [-0.2, 0) is 10.7 Å². The average Bonchev–Trinajstić information content (AvgIpc) is 3.41. The number of halogens is 2. The Bertz CT molecular complexity index is 1190. The lowest BCUT2D eigenvalue weighted by atomic mass is 10.1. The molecule has 2 unspecified atom stereocenters. The van der Waals surface area contributed by atoms with Crippen molar-refractivity contribution in [2.75, 3.05) is 36.9 Å². The molecule has 5 heterocycles. The van der Waals surface area contributed by atoms with Crippen LogP contribution >= 0.6 is 0 Å². The molecule has 1 amide bonds. The predicted octanol–water partition coefficient (Wildman–Crippen LogP) is 2.42. The first-order valence-corrected chi connectivity index (χ1v) is 10.5. The minimum absolute atomic E-state index is 0.226. The number of fused-ring (bicyclic) bond motifs is 2. The highest BCUT2D eigenvalue weighted by molar-refractivity contribution is 5.95. The summed E-state index contributed by atoms with van der Waals surface area (Å²) in [4.78, 5) is 28.3. The number of likely N-dealkylation sites (N-methyl/N-ethyl adjacent to an activating group) is 1. The highest BCUT2D eigenvalue weighted by Gasteiger charge is 2.41. The van der Waals surface area contributed by atoms with Crippen molar-refractivity contribution in [2.45, 2.75) is 32.2 Å². The molecule has 3 aromatic rings. The van der Waals surface area contributed by atoms with Gasteiger partial charge >= 0.3 is 5.92 Å². The fourth-order valence-corrected chi connectivity index (χ4v) is 4.68. The molecule has 3 aromatic heterocycles. The van der Waals surface area contributed by atoms with Crippen molar-refractivity contribution in [2.24, 2.45) is 5.92 Å². The van der Waals surface area contributed by atoms with Gasteiger partial charge in [0.25, 0.3) is 0 Å². The van der Waals surface area contributed by atoms with Crippen LogP contribution in [0.15, 0.2) is 24.5 Å². The smallest absolute Gasteiger partial charge is 0.303 e. The number of aromatic nitrogens is 5. The molecule has 32 heavy (non-hydrogen) atoms. The summed E-state index contributed by atoms with van der Waals surface area (Å²) in [5.74, 6) is -2.14. The third kappa shape index (κ3) is 3.56. The number of nitrogens with one attached hydrogen (secondary N) is 1. The van der Waals surface area contributed by atoms with Crippen LogP contribution in [-0.4, -0.2) is 68.3 Å². The van der Waals surface area contributed by atoms with Crippen molar-refractivity contribution in [3.05, 3.63) is 30.4 Å². The minimum atomic E-state index is -3.18. The van der Waals surface area contributed by atoms with Crippen molar-refractivity contribution in [3.63, 3.8) is 0 Å². The Labute approximate surface area is 183 Å². The molecule has 5 rings (SSSR count). The van der Waals surface area contributed by atoms with E-state index in [0.717, 1.165) is 44.2 Å². The number of hydrogen-bond acceptors (Lipinski definition) is 7. The number of carbonyl (C=O) groups is 1. The van der Waals surface area contributed by atoms with Gasteiger partial charge in [-0.3, -0.25) is 4.79 Å². The van der Waals surface area contributed by atoms with Gasteiger partial charge in [-0.05, 0) is 25.9 Å². The number of carbonyl (C=O) groups excluding carboxylic acids is 1. The van der Waals surface area contributed by atoms with Gasteiger partial charge in [-0.15, -0.1) is 5.10 Å². The van der Waals surface area contributed by atoms with Crippen LogP contribution in [0.1, 0.15) is 26.1 Å². The summed E-state index contributed by atoms with van der Waals surface area (Å²) < 4.78 is 29.3. The summed E-state index contributed by atoms with van der Waals surface area (Å²) >= 11 is 0. The highest BCUT2D eigenvalue weighted by Crippen LogP contribution is 2.37. The Hall–Kier alpha value is -3.21. The molecule has 2 aliphatic heterocycles. The van der Waals surface area contributed by atoms with Crippen molar-refractivity contribution in [1.82, 2.24) is 29.6 Å². The average molecular weight is 442 g/mol. The molecular formula is C21H24F2N8O. The van der Waals surface area contributed by atoms with E-state index < -0.39 is 11.7 Å². The lowest BCUT2D eigenvalue weighted by Gasteiger charge is -2.20. The van der Waals surface area contributed by atoms with E-state index in [1.54, 1.807) is 12.3 Å². The van der Waals surface area contributed by atoms with Gasteiger partial charge in [-0.25, -0.2) is 19.6 Å². The first-order valence-electron chi connectivity index (χ1n) is 10.5. The number of anilines is 2. The van der Waals surface area contributed by atoms with E-state index in [1.165, 1.54) is 23.9 Å². The molecule has 2 saturated heterocycles. The fourth-order valence-electron chi connectivity index (χ4n) is 4.68. The maximum absolute atomic E-state index is 13.9. The number of rotatable bonds is 4. The topological polar surface area (TPSA) is 92.1 Å². The van der Waals surface area contributed by atoms with E-state index >= 15 is 0 Å². The molecule has 2 atom stereocenters. The first-order chi connectivity index (χ1) is 15.2. The normalized spacial score (nSPS) is 21.3. The standard InChI is InChI=1S/C21H24F2N8O/c1-12(32)26-17-8-15-14(9-25-17)19(30-10-13-5-7-29(3)16(13)11-30)28-31(15)18-4-6-24-20(27-18)21(2,22)23/h4,6,8-9,13,16H,5,7,10-11H2,1-3H3,(H,25,26,32). The summed E-state index contributed by atoms with van der Waals surface area (Å²) in [5, 5.41) is 8.21. The number of amides is 1. The van der Waals surface area contributed by atoms with Gasteiger partial charge in [0, 0.05) is 57.5 Å². The van der Waals surface area contributed by atoms with Gasteiger partial charge in [0.05, 0.1) is 10.9 Å². The molecule has 2 fully saturated rings. The first kappa shape index (κ1) is 20.7. The molecular weight excluding hydrogens is 418 g/mol. The maximum atomic E-state index is 13.9. The zero-order chi connectivity index (χ0) is 22.6. The molecule has 0 aromatic carbocycles. The molecule has 0 bridgehead atoms. The molecule has 0 radical (unpaired) electrons. The number of pyridine rings is 1. The Kier molecular flexibility index (Phi) is 4.81. The summed E-state index contributed by atoms with van der Waals surface area (Å²) in [6, 6.07) is 3.68. The SMILES string of the molecule is CC(=O)Nc1cc2c(cn1)c(N1CC3CCN(C)C3C1)nn2-c1ccnc(C(C)(F)F)n1. The summed E-state index contributed by atoms with van der Waals surface area (Å²) in [7, 11) is 2.14. The van der Waals surface area contributed by atoms with E-state index in [-0.39, 0.29) is 11.7 Å². The minimum Gasteiger partial charge on any atom is -0.353 e. The second-order valence-corrected chi connectivity index (χ2v) is 8.63. The number of alkyl halides is 2. The molecule has 0 spiro atoms. The third-order valence-electron chi connectivity index (χ3n) is 6.23. The van der Waals surface area contributed by atoms with E-state index in [0.29, 0.717) is 23.3 Å². The van der Waals surface area contributed by atoms with Crippen molar-refractivity contribution in [1.29, 1.82) is 0 Å². The zero-order valence-corrected chi connectivity index (χ0v) is 18.1. The molecule has 9 nitrogen and oxygen atoms in total. The summed E-state index contributed by atoms with van der Waals surface area (Å²) in [6.07, 6.45) is 4.10. The predicted molar refractivity (Wildman–Crippen MR) is 115 cm³/mol. The molecule has 2 aliphatic rings. The monoisotopic (exact) mass is 442 g/mol. The van der Waals surface area contributed by atoms with Gasteiger partial charge < -0.3 is 15.1 Å². The second kappa shape index (κ2) is 7.44. The van der Waals surface area contributed by atoms with E-state index in [1.807, 2.05) is 0 Å². The van der Waals surface area contributed by atoms with Gasteiger partial charge in [0.15, 0.2) is 11.6 Å². The summed E-state index contributed by atoms with van der Waals surface area (Å²) in [6.45, 7) is 4.96. The van der Waals surface area contributed by atoms with Gasteiger partial charge in [-0.2, -0.15) is 8.78 Å². The van der Waals surface area contributed by atoms with Crippen LogP contribution in [0.25, 0.3) is 16.7 Å². The van der Waals surface area contributed by atoms with Crippen LogP contribution < -0.4 is 10.2 Å². The maximum Gasteiger partial charge on any atom is 0.303 e. The molecule has 1 N–H and O–H groups in total. The van der Waals surface area contributed by atoms with Gasteiger partial charge in [0.1, 0.15) is 5.82 Å². The molecule has 0 saturated carbocycles. The number of hydrogen-bond donors (Lipinski definition) is 1.